The van der Waals surface area contributed by atoms with Crippen molar-refractivity contribution in [2.45, 2.75) is 0 Å². The standard InChI is InChI=1S/C59H37N5O/c1-2-20-39(21-3-1)63-49-29-12-9-24-43(49)54-45(27-15-30-50(54)63)58-60-57(42-26-14-19-36-16-6-7-22-40(36)42)61-59(62-58)46-32-33-51(55-44-25-10-13-31-53(44)65-56(46)55)64-48-28-11-8-23-41(48)47-34-37-17-4-5-18-38(37)35-52(47)64/h1-36,40H. The highest BCUT2D eigenvalue weighted by Crippen LogP contribution is 2.45. The first-order valence-electron chi connectivity index (χ1n) is 22.2. The Labute approximate surface area is 373 Å². The highest BCUT2D eigenvalue weighted by atomic mass is 16.3. The lowest BCUT2D eigenvalue weighted by Gasteiger charge is -2.26. The van der Waals surface area contributed by atoms with Gasteiger partial charge in [-0.15, -0.1) is 0 Å². The van der Waals surface area contributed by atoms with Gasteiger partial charge >= 0.3 is 0 Å². The SMILES string of the molecule is C1=CC2C=CC=C(c3nc(-c4ccc(-n5c6ccccc6c6cc7ccccc7cc65)c5c4oc4ccccc45)nc(-c4cccc5c4c4ccccc4n5-c4ccccc4)n3)C2C=C1. The summed E-state index contributed by atoms with van der Waals surface area (Å²) in [5.74, 6) is 2.11. The largest absolute Gasteiger partial charge is 0.455 e. The summed E-state index contributed by atoms with van der Waals surface area (Å²) in [5.41, 5.74) is 10.9. The highest BCUT2D eigenvalue weighted by molar-refractivity contribution is 6.19. The Bertz CT molecular complexity index is 4080. The second-order valence-electron chi connectivity index (χ2n) is 17.1. The normalized spacial score (nSPS) is 15.9. The van der Waals surface area contributed by atoms with Gasteiger partial charge in [0.2, 0.25) is 0 Å². The minimum atomic E-state index is 0.0869. The van der Waals surface area contributed by atoms with Crippen LogP contribution < -0.4 is 0 Å². The van der Waals surface area contributed by atoms with Gasteiger partial charge in [0.15, 0.2) is 17.5 Å². The van der Waals surface area contributed by atoms with E-state index in [1.54, 1.807) is 0 Å². The lowest BCUT2D eigenvalue weighted by atomic mass is 9.79. The average Bonchev–Trinajstić information content (AvgIpc) is 4.03. The Hall–Kier alpha value is -8.61. The van der Waals surface area contributed by atoms with Crippen molar-refractivity contribution in [3.05, 3.63) is 218 Å². The molecule has 0 bridgehead atoms. The third-order valence-electron chi connectivity index (χ3n) is 13.5. The van der Waals surface area contributed by atoms with Crippen molar-refractivity contribution in [2.24, 2.45) is 11.8 Å². The zero-order chi connectivity index (χ0) is 42.6. The van der Waals surface area contributed by atoms with Crippen LogP contribution >= 0.6 is 0 Å². The number of nitrogens with zero attached hydrogens (tertiary/aromatic N) is 5. The zero-order valence-corrected chi connectivity index (χ0v) is 35.0. The summed E-state index contributed by atoms with van der Waals surface area (Å²) in [5, 5.41) is 9.08. The number of fused-ring (bicyclic) bond motifs is 11. The summed E-state index contributed by atoms with van der Waals surface area (Å²) in [7, 11) is 0. The monoisotopic (exact) mass is 831 g/mol. The van der Waals surface area contributed by atoms with Crippen molar-refractivity contribution in [3.8, 4) is 34.2 Å². The topological polar surface area (TPSA) is 61.7 Å². The van der Waals surface area contributed by atoms with Gasteiger partial charge in [0, 0.05) is 55.6 Å². The molecule has 2 aliphatic rings. The van der Waals surface area contributed by atoms with Gasteiger partial charge < -0.3 is 13.6 Å². The van der Waals surface area contributed by atoms with E-state index in [0.717, 1.165) is 82.9 Å². The maximum atomic E-state index is 7.00. The molecule has 4 heterocycles. The minimum absolute atomic E-state index is 0.0869. The van der Waals surface area contributed by atoms with Crippen molar-refractivity contribution in [1.29, 1.82) is 0 Å². The first-order valence-corrected chi connectivity index (χ1v) is 22.2. The average molecular weight is 832 g/mol. The third kappa shape index (κ3) is 5.38. The first kappa shape index (κ1) is 35.9. The van der Waals surface area contributed by atoms with Gasteiger partial charge in [-0.3, -0.25) is 0 Å². The van der Waals surface area contributed by atoms with Crippen molar-refractivity contribution in [2.75, 3.05) is 0 Å². The molecule has 12 aromatic rings. The second kappa shape index (κ2) is 13.9. The first-order chi connectivity index (χ1) is 32.2. The van der Waals surface area contributed by atoms with E-state index < -0.39 is 0 Å². The lowest BCUT2D eigenvalue weighted by Crippen LogP contribution is -2.17. The summed E-state index contributed by atoms with van der Waals surface area (Å²) in [6, 6.07) is 60.3. The fourth-order valence-electron chi connectivity index (χ4n) is 10.6. The maximum Gasteiger partial charge on any atom is 0.167 e. The van der Waals surface area contributed by atoms with Crippen LogP contribution in [0.2, 0.25) is 0 Å². The Morgan fingerprint density at radius 3 is 1.95 bits per heavy atom. The van der Waals surface area contributed by atoms with Crippen LogP contribution in [0.5, 0.6) is 0 Å². The number of benzene rings is 8. The molecule has 0 saturated heterocycles. The summed E-state index contributed by atoms with van der Waals surface area (Å²) < 4.78 is 11.7. The second-order valence-corrected chi connectivity index (χ2v) is 17.1. The molecule has 2 aliphatic carbocycles. The number of allylic oxidation sites excluding steroid dienone is 8. The number of aromatic nitrogens is 5. The fourth-order valence-corrected chi connectivity index (χ4v) is 10.6. The smallest absolute Gasteiger partial charge is 0.167 e. The van der Waals surface area contributed by atoms with Crippen LogP contribution in [-0.2, 0) is 0 Å². The Kier molecular flexibility index (Phi) is 7.71. The maximum absolute atomic E-state index is 7.00. The summed E-state index contributed by atoms with van der Waals surface area (Å²) in [4.78, 5) is 16.3. The molecule has 0 saturated carbocycles. The van der Waals surface area contributed by atoms with Crippen LogP contribution in [0.4, 0.5) is 0 Å². The Morgan fingerprint density at radius 1 is 0.431 bits per heavy atom. The van der Waals surface area contributed by atoms with E-state index in [1.807, 2.05) is 6.07 Å². The van der Waals surface area contributed by atoms with Gasteiger partial charge in [-0.1, -0.05) is 152 Å². The molecule has 0 fully saturated rings. The van der Waals surface area contributed by atoms with E-state index in [2.05, 4.69) is 215 Å². The van der Waals surface area contributed by atoms with Gasteiger partial charge in [0.05, 0.1) is 38.7 Å². The third-order valence-corrected chi connectivity index (χ3v) is 13.5. The van der Waals surface area contributed by atoms with Crippen LogP contribution in [0.25, 0.3) is 116 Å². The van der Waals surface area contributed by atoms with Gasteiger partial charge in [-0.05, 0) is 71.4 Å². The molecular formula is C59H37N5O. The lowest BCUT2D eigenvalue weighted by molar-refractivity contribution is 0.668. The molecular weight excluding hydrogens is 795 g/mol. The quantitative estimate of drug-likeness (QED) is 0.173. The molecule has 2 unspecified atom stereocenters. The molecule has 0 aliphatic heterocycles. The van der Waals surface area contributed by atoms with Crippen molar-refractivity contribution in [1.82, 2.24) is 24.1 Å². The van der Waals surface area contributed by atoms with E-state index in [4.69, 9.17) is 19.4 Å². The molecule has 0 spiro atoms. The van der Waals surface area contributed by atoms with E-state index >= 15 is 0 Å². The van der Waals surface area contributed by atoms with Crippen molar-refractivity contribution in [3.63, 3.8) is 0 Å². The molecule has 0 N–H and O–H groups in total. The fraction of sp³-hybridized carbons (Fsp3) is 0.0339. The molecule has 65 heavy (non-hydrogen) atoms. The molecule has 6 nitrogen and oxygen atoms in total. The van der Waals surface area contributed by atoms with Gasteiger partial charge in [-0.25, -0.2) is 15.0 Å². The predicted molar refractivity (Wildman–Crippen MR) is 267 cm³/mol. The molecule has 0 amide bonds. The Morgan fingerprint density at radius 2 is 1.09 bits per heavy atom. The van der Waals surface area contributed by atoms with E-state index in [9.17, 15) is 0 Å². The molecule has 6 heteroatoms. The predicted octanol–water partition coefficient (Wildman–Crippen LogP) is 14.8. The number of para-hydroxylation sites is 4. The Balaban J connectivity index is 1.06. The molecule has 14 rings (SSSR count). The number of hydrogen-bond acceptors (Lipinski definition) is 4. The van der Waals surface area contributed by atoms with Crippen LogP contribution in [0.3, 0.4) is 0 Å². The number of furan rings is 1. The van der Waals surface area contributed by atoms with Crippen LogP contribution in [0, 0.1) is 11.8 Å². The zero-order valence-electron chi connectivity index (χ0n) is 35.0. The molecule has 2 atom stereocenters. The summed E-state index contributed by atoms with van der Waals surface area (Å²) >= 11 is 0. The number of rotatable bonds is 5. The molecule has 8 aromatic carbocycles. The van der Waals surface area contributed by atoms with Crippen molar-refractivity contribution < 1.29 is 4.42 Å². The van der Waals surface area contributed by atoms with Crippen molar-refractivity contribution >= 4 is 81.9 Å². The minimum Gasteiger partial charge on any atom is -0.455 e. The van der Waals surface area contributed by atoms with Crippen LogP contribution in [0.1, 0.15) is 5.82 Å². The van der Waals surface area contributed by atoms with Gasteiger partial charge in [0.25, 0.3) is 0 Å². The van der Waals surface area contributed by atoms with E-state index in [-0.39, 0.29) is 11.8 Å². The highest BCUT2D eigenvalue weighted by Gasteiger charge is 2.29. The van der Waals surface area contributed by atoms with Gasteiger partial charge in [-0.2, -0.15) is 0 Å². The molecule has 304 valence electrons. The summed E-state index contributed by atoms with van der Waals surface area (Å²) in [6.45, 7) is 0. The van der Waals surface area contributed by atoms with Crippen LogP contribution in [0.15, 0.2) is 217 Å². The summed E-state index contributed by atoms with van der Waals surface area (Å²) in [6.07, 6.45) is 15.3. The van der Waals surface area contributed by atoms with Crippen LogP contribution in [-0.4, -0.2) is 24.1 Å². The molecule has 0 radical (unpaired) electrons. The van der Waals surface area contributed by atoms with Gasteiger partial charge in [0.1, 0.15) is 11.2 Å². The number of hydrogen-bond donors (Lipinski definition) is 0. The van der Waals surface area contributed by atoms with E-state index in [0.29, 0.717) is 17.5 Å². The molecule has 4 aromatic heterocycles. The van der Waals surface area contributed by atoms with E-state index in [1.165, 1.54) is 21.5 Å².